The van der Waals surface area contributed by atoms with Gasteiger partial charge in [0.05, 0.1) is 36.1 Å². The van der Waals surface area contributed by atoms with Crippen molar-refractivity contribution in [2.24, 2.45) is 11.5 Å². The topological polar surface area (TPSA) is 133 Å². The zero-order valence-electron chi connectivity index (χ0n) is 18.0. The van der Waals surface area contributed by atoms with E-state index in [-0.39, 0.29) is 29.3 Å². The number of methoxy groups -OCH3 is 1. The van der Waals surface area contributed by atoms with Crippen LogP contribution in [0.3, 0.4) is 0 Å². The van der Waals surface area contributed by atoms with Crippen LogP contribution in [0.15, 0.2) is 30.5 Å². The van der Waals surface area contributed by atoms with E-state index in [9.17, 15) is 9.18 Å². The number of anilines is 3. The number of hydrogen-bond donors (Lipinski definition) is 4. The van der Waals surface area contributed by atoms with Crippen molar-refractivity contribution >= 4 is 34.1 Å². The molecule has 10 heteroatoms. The molecule has 4 rings (SSSR count). The summed E-state index contributed by atoms with van der Waals surface area (Å²) in [5, 5.41) is 11.5. The second-order valence-corrected chi connectivity index (χ2v) is 8.00. The summed E-state index contributed by atoms with van der Waals surface area (Å²) in [5.41, 5.74) is 13.2. The highest BCUT2D eigenvalue weighted by atomic mass is 19.1. The largest absolute Gasteiger partial charge is 0.383 e. The minimum atomic E-state index is -0.775. The molecule has 1 saturated carbocycles. The van der Waals surface area contributed by atoms with Gasteiger partial charge in [0.25, 0.3) is 5.91 Å². The third kappa shape index (κ3) is 4.51. The van der Waals surface area contributed by atoms with E-state index < -0.39 is 11.7 Å². The predicted octanol–water partition coefficient (Wildman–Crippen LogP) is 2.74. The maximum Gasteiger partial charge on any atom is 0.252 e. The lowest BCUT2D eigenvalue weighted by molar-refractivity contribution is 0.100. The Hall–Kier alpha value is -3.24. The first-order chi connectivity index (χ1) is 15.5. The minimum Gasteiger partial charge on any atom is -0.383 e. The third-order valence-corrected chi connectivity index (χ3v) is 5.83. The molecule has 32 heavy (non-hydrogen) atoms. The molecule has 1 unspecified atom stereocenters. The smallest absolute Gasteiger partial charge is 0.252 e. The number of rotatable bonds is 8. The normalized spacial score (nSPS) is 18.6. The second-order valence-electron chi connectivity index (χ2n) is 8.00. The highest BCUT2D eigenvalue weighted by molar-refractivity contribution is 6.00. The number of aromatic nitrogens is 3. The maximum atomic E-state index is 14.8. The number of carbonyl (C=O) groups excluding carboxylic acids is 1. The number of carbonyl (C=O) groups is 1. The van der Waals surface area contributed by atoms with Crippen LogP contribution in [0.4, 0.5) is 21.7 Å². The van der Waals surface area contributed by atoms with E-state index in [2.05, 4.69) is 20.7 Å². The molecule has 1 aromatic carbocycles. The molecule has 170 valence electrons. The number of amides is 1. The summed E-state index contributed by atoms with van der Waals surface area (Å²) in [6.07, 6.45) is 5.51. The lowest BCUT2D eigenvalue weighted by Crippen LogP contribution is -2.43. The molecule has 3 aromatic rings. The first-order valence-electron chi connectivity index (χ1n) is 10.7. The number of benzene rings is 1. The van der Waals surface area contributed by atoms with E-state index in [1.165, 1.54) is 0 Å². The van der Waals surface area contributed by atoms with Crippen LogP contribution >= 0.6 is 0 Å². The van der Waals surface area contributed by atoms with E-state index in [1.54, 1.807) is 13.3 Å². The van der Waals surface area contributed by atoms with Crippen LogP contribution < -0.4 is 22.1 Å². The van der Waals surface area contributed by atoms with Crippen LogP contribution in [-0.2, 0) is 11.3 Å². The van der Waals surface area contributed by atoms with Gasteiger partial charge in [-0.15, -0.1) is 0 Å². The van der Waals surface area contributed by atoms with Gasteiger partial charge in [-0.05, 0) is 31.0 Å². The molecule has 0 saturated heterocycles. The molecule has 1 aliphatic rings. The summed E-state index contributed by atoms with van der Waals surface area (Å²) in [6, 6.07) is 6.59. The van der Waals surface area contributed by atoms with Crippen LogP contribution in [0.2, 0.25) is 0 Å². The van der Waals surface area contributed by atoms with Crippen molar-refractivity contribution in [2.45, 2.75) is 44.3 Å². The monoisotopic (exact) mass is 441 g/mol. The molecule has 0 aliphatic heterocycles. The summed E-state index contributed by atoms with van der Waals surface area (Å²) < 4.78 is 21.7. The molecule has 6 N–H and O–H groups in total. The third-order valence-electron chi connectivity index (χ3n) is 5.83. The van der Waals surface area contributed by atoms with E-state index in [1.807, 2.05) is 22.9 Å². The van der Waals surface area contributed by atoms with Crippen LogP contribution in [-0.4, -0.2) is 46.5 Å². The van der Waals surface area contributed by atoms with Gasteiger partial charge in [-0.3, -0.25) is 9.48 Å². The van der Waals surface area contributed by atoms with Crippen molar-refractivity contribution in [2.75, 3.05) is 24.4 Å². The van der Waals surface area contributed by atoms with Crippen LogP contribution in [0, 0.1) is 5.82 Å². The number of pyridine rings is 1. The predicted molar refractivity (Wildman–Crippen MR) is 121 cm³/mol. The van der Waals surface area contributed by atoms with Gasteiger partial charge in [0.1, 0.15) is 5.82 Å². The van der Waals surface area contributed by atoms with E-state index in [0.717, 1.165) is 42.7 Å². The van der Waals surface area contributed by atoms with Gasteiger partial charge >= 0.3 is 0 Å². The average Bonchev–Trinajstić information content (AvgIpc) is 3.19. The molecule has 2 heterocycles. The Morgan fingerprint density at radius 1 is 1.31 bits per heavy atom. The Morgan fingerprint density at radius 3 is 2.88 bits per heavy atom. The zero-order valence-corrected chi connectivity index (χ0v) is 18.0. The second kappa shape index (κ2) is 9.49. The van der Waals surface area contributed by atoms with Crippen molar-refractivity contribution in [3.63, 3.8) is 0 Å². The van der Waals surface area contributed by atoms with Gasteiger partial charge in [-0.1, -0.05) is 18.9 Å². The van der Waals surface area contributed by atoms with Gasteiger partial charge in [0, 0.05) is 24.6 Å². The number of hydrogen-bond acceptors (Lipinski definition) is 7. The minimum absolute atomic E-state index is 0.0372. The fourth-order valence-corrected chi connectivity index (χ4v) is 4.08. The van der Waals surface area contributed by atoms with Crippen molar-refractivity contribution < 1.29 is 13.9 Å². The lowest BCUT2D eigenvalue weighted by atomic mass is 9.91. The molecule has 1 aliphatic carbocycles. The van der Waals surface area contributed by atoms with Crippen molar-refractivity contribution in [1.82, 2.24) is 14.8 Å². The fraction of sp³-hybridized carbons (Fsp3) is 0.409. The van der Waals surface area contributed by atoms with Crippen molar-refractivity contribution in [3.8, 4) is 0 Å². The zero-order chi connectivity index (χ0) is 22.7. The standard InChI is InChI=1S/C22H28FN7O2/c1-32-10-9-30-19-8-4-7-17(14(19)12-26-30)27-21-13(20(25)31)11-15(23)22(29-21)28-18-6-3-2-5-16(18)24/h4,7-8,11-12,16,18H,2-3,5-6,9-10,24H2,1H3,(H2,25,31)(H2,27,28,29)/t16-,18?/m0/s1. The molecule has 0 spiro atoms. The molecule has 1 amide bonds. The molecule has 2 aromatic heterocycles. The van der Waals surface area contributed by atoms with Gasteiger partial charge in [-0.25, -0.2) is 9.37 Å². The van der Waals surface area contributed by atoms with Gasteiger partial charge in [0.2, 0.25) is 0 Å². The lowest BCUT2D eigenvalue weighted by Gasteiger charge is -2.30. The fourth-order valence-electron chi connectivity index (χ4n) is 4.08. The number of nitrogens with one attached hydrogen (secondary N) is 2. The Bertz CT molecular complexity index is 1120. The number of ether oxygens (including phenoxy) is 1. The first-order valence-corrected chi connectivity index (χ1v) is 10.7. The van der Waals surface area contributed by atoms with Crippen LogP contribution in [0.5, 0.6) is 0 Å². The SMILES string of the molecule is COCCn1ncc2c(Nc3nc(NC4CCCC[C@@H]4N)c(F)cc3C(N)=O)cccc21. The van der Waals surface area contributed by atoms with E-state index in [0.29, 0.717) is 18.8 Å². The van der Waals surface area contributed by atoms with Crippen molar-refractivity contribution in [3.05, 3.63) is 41.8 Å². The molecule has 0 bridgehead atoms. The molecular weight excluding hydrogens is 413 g/mol. The number of halogens is 1. The quantitative estimate of drug-likeness (QED) is 0.422. The van der Waals surface area contributed by atoms with Crippen molar-refractivity contribution in [1.29, 1.82) is 0 Å². The number of nitrogens with two attached hydrogens (primary N) is 2. The summed E-state index contributed by atoms with van der Waals surface area (Å²) in [7, 11) is 1.63. The molecule has 9 nitrogen and oxygen atoms in total. The van der Waals surface area contributed by atoms with E-state index >= 15 is 0 Å². The number of primary amides is 1. The summed E-state index contributed by atoms with van der Waals surface area (Å²) in [5.74, 6) is -1.21. The van der Waals surface area contributed by atoms with Gasteiger partial charge in [-0.2, -0.15) is 5.10 Å². The van der Waals surface area contributed by atoms with Gasteiger partial charge < -0.3 is 26.8 Å². The highest BCUT2D eigenvalue weighted by Crippen LogP contribution is 2.30. The summed E-state index contributed by atoms with van der Waals surface area (Å²) >= 11 is 0. The molecule has 2 atom stereocenters. The summed E-state index contributed by atoms with van der Waals surface area (Å²) in [4.78, 5) is 16.4. The molecule has 1 fully saturated rings. The Morgan fingerprint density at radius 2 is 2.12 bits per heavy atom. The number of nitrogens with zero attached hydrogens (tertiary/aromatic N) is 3. The van der Waals surface area contributed by atoms with Gasteiger partial charge in [0.15, 0.2) is 11.6 Å². The van der Waals surface area contributed by atoms with E-state index in [4.69, 9.17) is 16.2 Å². The van der Waals surface area contributed by atoms with Crippen LogP contribution in [0.1, 0.15) is 36.0 Å². The molecule has 0 radical (unpaired) electrons. The molecular formula is C22H28FN7O2. The van der Waals surface area contributed by atoms with Crippen LogP contribution in [0.25, 0.3) is 10.9 Å². The average molecular weight is 442 g/mol. The Kier molecular flexibility index (Phi) is 6.52. The summed E-state index contributed by atoms with van der Waals surface area (Å²) in [6.45, 7) is 1.12. The Labute approximate surface area is 185 Å². The first kappa shape index (κ1) is 22.0. The maximum absolute atomic E-state index is 14.8. The Balaban J connectivity index is 1.68. The highest BCUT2D eigenvalue weighted by Gasteiger charge is 2.24. The number of fused-ring (bicyclic) bond motifs is 1.